The number of amides is 1. The van der Waals surface area contributed by atoms with E-state index in [1.54, 1.807) is 6.07 Å². The highest BCUT2D eigenvalue weighted by molar-refractivity contribution is 6.31. The summed E-state index contributed by atoms with van der Waals surface area (Å²) in [4.78, 5) is 17.3. The van der Waals surface area contributed by atoms with Crippen molar-refractivity contribution < 1.29 is 4.79 Å². The predicted octanol–water partition coefficient (Wildman–Crippen LogP) is 5.30. The van der Waals surface area contributed by atoms with Gasteiger partial charge in [-0.25, -0.2) is 0 Å². The van der Waals surface area contributed by atoms with Crippen molar-refractivity contribution in [3.8, 4) is 0 Å². The third-order valence-electron chi connectivity index (χ3n) is 4.59. The molecule has 128 valence electrons. The van der Waals surface area contributed by atoms with Gasteiger partial charge in [0.1, 0.15) is 0 Å². The van der Waals surface area contributed by atoms with E-state index >= 15 is 0 Å². The average Bonchev–Trinajstić information content (AvgIpc) is 2.56. The van der Waals surface area contributed by atoms with Gasteiger partial charge in [0.15, 0.2) is 0 Å². The van der Waals surface area contributed by atoms with Crippen LogP contribution in [-0.4, -0.2) is 10.9 Å². The molecule has 1 atom stereocenters. The van der Waals surface area contributed by atoms with Crippen molar-refractivity contribution in [3.05, 3.63) is 75.4 Å². The lowest BCUT2D eigenvalue weighted by molar-refractivity contribution is 0.0939. The highest BCUT2D eigenvalue weighted by Gasteiger charge is 2.15. The van der Waals surface area contributed by atoms with Gasteiger partial charge < -0.3 is 5.32 Å². The first-order valence-electron chi connectivity index (χ1n) is 8.30. The molecule has 0 aliphatic heterocycles. The number of benzene rings is 2. The lowest BCUT2D eigenvalue weighted by Crippen LogP contribution is -2.27. The predicted molar refractivity (Wildman–Crippen MR) is 103 cm³/mol. The normalized spacial score (nSPS) is 12.2. The van der Waals surface area contributed by atoms with Crippen LogP contribution in [0.5, 0.6) is 0 Å². The number of rotatable bonds is 3. The van der Waals surface area contributed by atoms with Crippen molar-refractivity contribution in [3.63, 3.8) is 0 Å². The van der Waals surface area contributed by atoms with E-state index in [0.717, 1.165) is 16.5 Å². The zero-order valence-electron chi connectivity index (χ0n) is 14.9. The zero-order chi connectivity index (χ0) is 18.1. The van der Waals surface area contributed by atoms with Gasteiger partial charge in [0.25, 0.3) is 5.91 Å². The fraction of sp³-hybridized carbons (Fsp3) is 0.238. The van der Waals surface area contributed by atoms with E-state index in [4.69, 9.17) is 11.6 Å². The van der Waals surface area contributed by atoms with Gasteiger partial charge in [-0.3, -0.25) is 9.78 Å². The zero-order valence-corrected chi connectivity index (χ0v) is 15.6. The molecule has 3 nitrogen and oxygen atoms in total. The van der Waals surface area contributed by atoms with Gasteiger partial charge in [0, 0.05) is 10.4 Å². The van der Waals surface area contributed by atoms with Crippen molar-refractivity contribution in [1.82, 2.24) is 10.3 Å². The van der Waals surface area contributed by atoms with E-state index in [9.17, 15) is 4.79 Å². The van der Waals surface area contributed by atoms with Gasteiger partial charge in [-0.15, -0.1) is 0 Å². The lowest BCUT2D eigenvalue weighted by Gasteiger charge is -2.17. The number of fused-ring (bicyclic) bond motifs is 1. The Kier molecular flexibility index (Phi) is 4.78. The van der Waals surface area contributed by atoms with Gasteiger partial charge in [-0.1, -0.05) is 35.9 Å². The smallest absolute Gasteiger partial charge is 0.253 e. The standard InChI is InChI=1S/C21H21ClN2O/c1-12-5-6-16(9-13(12)2)14(3)24-21(25)19-10-17-7-8-18(22)11-20(17)23-15(19)4/h5-11,14H,1-4H3,(H,24,25)/t14-/m1/s1. The molecule has 0 fully saturated rings. The van der Waals surface area contributed by atoms with E-state index in [0.29, 0.717) is 16.3 Å². The number of halogens is 1. The summed E-state index contributed by atoms with van der Waals surface area (Å²) in [5.41, 5.74) is 5.64. The van der Waals surface area contributed by atoms with Gasteiger partial charge in [0.05, 0.1) is 22.8 Å². The van der Waals surface area contributed by atoms with Crippen LogP contribution >= 0.6 is 11.6 Å². The molecular formula is C21H21ClN2O. The van der Waals surface area contributed by atoms with Crippen LogP contribution in [-0.2, 0) is 0 Å². The van der Waals surface area contributed by atoms with Crippen LogP contribution in [0, 0.1) is 20.8 Å². The van der Waals surface area contributed by atoms with E-state index in [-0.39, 0.29) is 11.9 Å². The number of nitrogens with zero attached hydrogens (tertiary/aromatic N) is 1. The van der Waals surface area contributed by atoms with Gasteiger partial charge in [-0.05, 0) is 62.6 Å². The summed E-state index contributed by atoms with van der Waals surface area (Å²) in [6, 6.07) is 13.6. The maximum absolute atomic E-state index is 12.7. The van der Waals surface area contributed by atoms with E-state index in [1.807, 2.05) is 32.0 Å². The molecule has 2 aromatic carbocycles. The van der Waals surface area contributed by atoms with Crippen molar-refractivity contribution in [2.75, 3.05) is 0 Å². The van der Waals surface area contributed by atoms with Crippen molar-refractivity contribution in [2.24, 2.45) is 0 Å². The van der Waals surface area contributed by atoms with Crippen molar-refractivity contribution in [2.45, 2.75) is 33.7 Å². The van der Waals surface area contributed by atoms with Crippen LogP contribution in [0.25, 0.3) is 10.9 Å². The largest absolute Gasteiger partial charge is 0.345 e. The summed E-state index contributed by atoms with van der Waals surface area (Å²) in [6.45, 7) is 8.00. The molecule has 3 aromatic rings. The highest BCUT2D eigenvalue weighted by Crippen LogP contribution is 2.22. The Morgan fingerprint density at radius 1 is 1.04 bits per heavy atom. The number of hydrogen-bond donors (Lipinski definition) is 1. The van der Waals surface area contributed by atoms with Crippen LogP contribution in [0.2, 0.25) is 5.02 Å². The first kappa shape index (κ1) is 17.4. The molecule has 0 aliphatic carbocycles. The Morgan fingerprint density at radius 2 is 1.80 bits per heavy atom. The molecule has 4 heteroatoms. The molecule has 0 radical (unpaired) electrons. The van der Waals surface area contributed by atoms with Gasteiger partial charge >= 0.3 is 0 Å². The lowest BCUT2D eigenvalue weighted by atomic mass is 10.0. The molecule has 0 spiro atoms. The second-order valence-corrected chi connectivity index (χ2v) is 6.93. The Hall–Kier alpha value is -2.39. The van der Waals surface area contributed by atoms with E-state index in [1.165, 1.54) is 11.1 Å². The molecule has 0 unspecified atom stereocenters. The van der Waals surface area contributed by atoms with Crippen LogP contribution in [0.3, 0.4) is 0 Å². The Balaban J connectivity index is 1.87. The maximum atomic E-state index is 12.7. The second-order valence-electron chi connectivity index (χ2n) is 6.50. The second kappa shape index (κ2) is 6.85. The summed E-state index contributed by atoms with van der Waals surface area (Å²) in [5, 5.41) is 4.61. The minimum Gasteiger partial charge on any atom is -0.345 e. The summed E-state index contributed by atoms with van der Waals surface area (Å²) in [7, 11) is 0. The molecule has 25 heavy (non-hydrogen) atoms. The number of pyridine rings is 1. The highest BCUT2D eigenvalue weighted by atomic mass is 35.5. The number of aryl methyl sites for hydroxylation is 3. The SMILES string of the molecule is Cc1ccc([C@@H](C)NC(=O)c2cc3ccc(Cl)cc3nc2C)cc1C. The monoisotopic (exact) mass is 352 g/mol. The maximum Gasteiger partial charge on any atom is 0.253 e. The summed E-state index contributed by atoms with van der Waals surface area (Å²) in [5.74, 6) is -0.118. The number of carbonyl (C=O) groups is 1. The first-order valence-corrected chi connectivity index (χ1v) is 8.68. The van der Waals surface area contributed by atoms with Gasteiger partial charge in [-0.2, -0.15) is 0 Å². The molecule has 1 heterocycles. The Labute approximate surface area is 153 Å². The van der Waals surface area contributed by atoms with Crippen LogP contribution in [0.1, 0.15) is 45.7 Å². The number of hydrogen-bond acceptors (Lipinski definition) is 2. The third kappa shape index (κ3) is 3.67. The fourth-order valence-corrected chi connectivity index (χ4v) is 3.02. The molecule has 0 saturated carbocycles. The molecule has 1 N–H and O–H groups in total. The Bertz CT molecular complexity index is 966. The van der Waals surface area contributed by atoms with Crippen LogP contribution < -0.4 is 5.32 Å². The van der Waals surface area contributed by atoms with Crippen LogP contribution in [0.4, 0.5) is 0 Å². The molecule has 0 saturated heterocycles. The quantitative estimate of drug-likeness (QED) is 0.694. The van der Waals surface area contributed by atoms with E-state index < -0.39 is 0 Å². The van der Waals surface area contributed by atoms with Crippen LogP contribution in [0.15, 0.2) is 42.5 Å². The van der Waals surface area contributed by atoms with E-state index in [2.05, 4.69) is 42.3 Å². The third-order valence-corrected chi connectivity index (χ3v) is 4.83. The average molecular weight is 353 g/mol. The Morgan fingerprint density at radius 3 is 2.52 bits per heavy atom. The van der Waals surface area contributed by atoms with Crippen molar-refractivity contribution >= 4 is 28.4 Å². The summed E-state index contributed by atoms with van der Waals surface area (Å²) < 4.78 is 0. The number of carbonyl (C=O) groups excluding carboxylic acids is 1. The molecule has 1 aromatic heterocycles. The minimum absolute atomic E-state index is 0.0767. The summed E-state index contributed by atoms with van der Waals surface area (Å²) >= 11 is 6.01. The molecule has 1 amide bonds. The first-order chi connectivity index (χ1) is 11.8. The molecular weight excluding hydrogens is 332 g/mol. The minimum atomic E-state index is -0.118. The number of nitrogens with one attached hydrogen (secondary N) is 1. The molecule has 0 bridgehead atoms. The molecule has 3 rings (SSSR count). The number of aromatic nitrogens is 1. The topological polar surface area (TPSA) is 42.0 Å². The fourth-order valence-electron chi connectivity index (χ4n) is 2.86. The van der Waals surface area contributed by atoms with Crippen molar-refractivity contribution in [1.29, 1.82) is 0 Å². The molecule has 0 aliphatic rings. The van der Waals surface area contributed by atoms with Gasteiger partial charge in [0.2, 0.25) is 0 Å². The summed E-state index contributed by atoms with van der Waals surface area (Å²) in [6.07, 6.45) is 0.